The van der Waals surface area contributed by atoms with Crippen molar-refractivity contribution < 1.29 is 10.2 Å². The van der Waals surface area contributed by atoms with Crippen LogP contribution in [0.1, 0.15) is 46.5 Å². The second-order valence-electron chi connectivity index (χ2n) is 7.10. The standard InChI is InChI=1S/C15H30N2O2/c1-11(2)17-10-15(3,19)7-5-13(17)14-9-12(18)6-8-16(14)4/h11-14,18-19H,5-10H2,1-4H3. The molecule has 2 heterocycles. The van der Waals surface area contributed by atoms with E-state index in [1.54, 1.807) is 0 Å². The minimum absolute atomic E-state index is 0.155. The third-order valence-corrected chi connectivity index (χ3v) is 4.93. The maximum atomic E-state index is 10.3. The Bertz CT molecular complexity index is 305. The molecule has 2 fully saturated rings. The predicted molar refractivity (Wildman–Crippen MR) is 77.1 cm³/mol. The Morgan fingerprint density at radius 2 is 1.89 bits per heavy atom. The number of likely N-dealkylation sites (tertiary alicyclic amines) is 2. The molecule has 4 heteroatoms. The fourth-order valence-electron chi connectivity index (χ4n) is 3.74. The van der Waals surface area contributed by atoms with Crippen LogP contribution < -0.4 is 0 Å². The van der Waals surface area contributed by atoms with Crippen LogP contribution >= 0.6 is 0 Å². The molecule has 0 radical (unpaired) electrons. The van der Waals surface area contributed by atoms with Crippen molar-refractivity contribution in [2.24, 2.45) is 0 Å². The summed E-state index contributed by atoms with van der Waals surface area (Å²) in [5.41, 5.74) is -0.563. The topological polar surface area (TPSA) is 46.9 Å². The Labute approximate surface area is 117 Å². The van der Waals surface area contributed by atoms with Crippen LogP contribution in [0.15, 0.2) is 0 Å². The third kappa shape index (κ3) is 3.48. The molecule has 0 aromatic carbocycles. The molecular weight excluding hydrogens is 240 g/mol. The molecule has 2 saturated heterocycles. The molecule has 2 N–H and O–H groups in total. The highest BCUT2D eigenvalue weighted by molar-refractivity contribution is 4.98. The van der Waals surface area contributed by atoms with Gasteiger partial charge >= 0.3 is 0 Å². The highest BCUT2D eigenvalue weighted by Crippen LogP contribution is 2.33. The van der Waals surface area contributed by atoms with Crippen molar-refractivity contribution in [1.29, 1.82) is 0 Å². The molecule has 0 aromatic heterocycles. The highest BCUT2D eigenvalue weighted by atomic mass is 16.3. The Kier molecular flexibility index (Phi) is 4.56. The first-order valence-electron chi connectivity index (χ1n) is 7.66. The summed E-state index contributed by atoms with van der Waals surface area (Å²) in [5.74, 6) is 0. The van der Waals surface area contributed by atoms with Gasteiger partial charge in [-0.05, 0) is 53.5 Å². The lowest BCUT2D eigenvalue weighted by Gasteiger charge is -2.51. The summed E-state index contributed by atoms with van der Waals surface area (Å²) >= 11 is 0. The van der Waals surface area contributed by atoms with E-state index in [-0.39, 0.29) is 6.10 Å². The first kappa shape index (κ1) is 15.2. The zero-order valence-corrected chi connectivity index (χ0v) is 12.8. The van der Waals surface area contributed by atoms with Crippen molar-refractivity contribution >= 4 is 0 Å². The first-order valence-corrected chi connectivity index (χ1v) is 7.66. The van der Waals surface area contributed by atoms with Crippen LogP contribution in [0.4, 0.5) is 0 Å². The normalized spacial score (nSPS) is 42.8. The van der Waals surface area contributed by atoms with E-state index in [9.17, 15) is 10.2 Å². The molecule has 0 aromatic rings. The van der Waals surface area contributed by atoms with Gasteiger partial charge in [0, 0.05) is 31.2 Å². The summed E-state index contributed by atoms with van der Waals surface area (Å²) in [7, 11) is 2.17. The van der Waals surface area contributed by atoms with Crippen LogP contribution in [0.3, 0.4) is 0 Å². The Morgan fingerprint density at radius 1 is 1.21 bits per heavy atom. The molecule has 4 unspecified atom stereocenters. The van der Waals surface area contributed by atoms with Gasteiger partial charge in [0.25, 0.3) is 0 Å². The predicted octanol–water partition coefficient (Wildman–Crippen LogP) is 1.07. The van der Waals surface area contributed by atoms with Gasteiger partial charge in [0.1, 0.15) is 0 Å². The average molecular weight is 270 g/mol. The molecule has 0 spiro atoms. The molecule has 4 nitrogen and oxygen atoms in total. The van der Waals surface area contributed by atoms with Gasteiger partial charge in [0.05, 0.1) is 11.7 Å². The van der Waals surface area contributed by atoms with E-state index >= 15 is 0 Å². The van der Waals surface area contributed by atoms with Crippen molar-refractivity contribution in [3.05, 3.63) is 0 Å². The smallest absolute Gasteiger partial charge is 0.0746 e. The quantitative estimate of drug-likeness (QED) is 0.788. The Hall–Kier alpha value is -0.160. The fourth-order valence-corrected chi connectivity index (χ4v) is 3.74. The zero-order chi connectivity index (χ0) is 14.2. The summed E-state index contributed by atoms with van der Waals surface area (Å²) in [6.45, 7) is 8.07. The largest absolute Gasteiger partial charge is 0.393 e. The Morgan fingerprint density at radius 3 is 2.53 bits per heavy atom. The van der Waals surface area contributed by atoms with E-state index < -0.39 is 5.60 Å². The minimum atomic E-state index is -0.563. The van der Waals surface area contributed by atoms with E-state index in [4.69, 9.17) is 0 Å². The van der Waals surface area contributed by atoms with Crippen molar-refractivity contribution in [1.82, 2.24) is 9.80 Å². The lowest BCUT2D eigenvalue weighted by Crippen LogP contribution is -2.62. The Balaban J connectivity index is 2.12. The van der Waals surface area contributed by atoms with Gasteiger partial charge in [-0.3, -0.25) is 4.90 Å². The molecule has 2 aliphatic heterocycles. The number of rotatable bonds is 2. The van der Waals surface area contributed by atoms with Gasteiger partial charge < -0.3 is 15.1 Å². The van der Waals surface area contributed by atoms with Gasteiger partial charge in [-0.15, -0.1) is 0 Å². The number of aliphatic hydroxyl groups is 2. The maximum Gasteiger partial charge on any atom is 0.0746 e. The first-order chi connectivity index (χ1) is 8.80. The van der Waals surface area contributed by atoms with Crippen LogP contribution in [-0.4, -0.2) is 70.0 Å². The lowest BCUT2D eigenvalue weighted by molar-refractivity contribution is -0.0813. The van der Waals surface area contributed by atoms with Crippen LogP contribution in [0, 0.1) is 0 Å². The van der Waals surface area contributed by atoms with E-state index in [1.807, 2.05) is 6.92 Å². The van der Waals surface area contributed by atoms with Gasteiger partial charge in [-0.25, -0.2) is 0 Å². The SMILES string of the molecule is CC(C)N1CC(C)(O)CCC1C1CC(O)CCN1C. The number of nitrogens with zero attached hydrogens (tertiary/aromatic N) is 2. The van der Waals surface area contributed by atoms with Crippen LogP contribution in [0.25, 0.3) is 0 Å². The van der Waals surface area contributed by atoms with Crippen LogP contribution in [0.5, 0.6) is 0 Å². The van der Waals surface area contributed by atoms with Crippen molar-refractivity contribution in [3.8, 4) is 0 Å². The van der Waals surface area contributed by atoms with Gasteiger partial charge in [-0.2, -0.15) is 0 Å². The van der Waals surface area contributed by atoms with Crippen molar-refractivity contribution in [2.45, 2.75) is 76.3 Å². The van der Waals surface area contributed by atoms with Crippen molar-refractivity contribution in [2.75, 3.05) is 20.1 Å². The summed E-state index contributed by atoms with van der Waals surface area (Å²) in [6.07, 6.45) is 3.48. The summed E-state index contributed by atoms with van der Waals surface area (Å²) in [4.78, 5) is 4.83. The molecule has 0 aliphatic carbocycles. The second kappa shape index (κ2) is 5.68. The summed E-state index contributed by atoms with van der Waals surface area (Å²) < 4.78 is 0. The molecule has 19 heavy (non-hydrogen) atoms. The monoisotopic (exact) mass is 270 g/mol. The van der Waals surface area contributed by atoms with Gasteiger partial charge in [0.15, 0.2) is 0 Å². The number of likely N-dealkylation sites (N-methyl/N-ethyl adjacent to an activating group) is 1. The van der Waals surface area contributed by atoms with E-state index in [1.165, 1.54) is 0 Å². The average Bonchev–Trinajstić information content (AvgIpc) is 2.31. The third-order valence-electron chi connectivity index (χ3n) is 4.93. The molecule has 112 valence electrons. The molecule has 0 saturated carbocycles. The number of aliphatic hydroxyl groups excluding tert-OH is 1. The van der Waals surface area contributed by atoms with E-state index in [2.05, 4.69) is 30.7 Å². The number of piperidine rings is 2. The van der Waals surface area contributed by atoms with Gasteiger partial charge in [-0.1, -0.05) is 0 Å². The molecule has 0 amide bonds. The number of β-amino-alcohol motifs (C(OH)–C–C–N with tert-alkyl or cyclic N) is 1. The molecule has 4 atom stereocenters. The molecular formula is C15H30N2O2. The zero-order valence-electron chi connectivity index (χ0n) is 12.8. The molecule has 2 rings (SSSR count). The number of hydrogen-bond donors (Lipinski definition) is 2. The summed E-state index contributed by atoms with van der Waals surface area (Å²) in [5, 5.41) is 20.3. The second-order valence-corrected chi connectivity index (χ2v) is 7.10. The van der Waals surface area contributed by atoms with Crippen LogP contribution in [0.2, 0.25) is 0 Å². The highest BCUT2D eigenvalue weighted by Gasteiger charge is 2.42. The summed E-state index contributed by atoms with van der Waals surface area (Å²) in [6, 6.07) is 1.31. The van der Waals surface area contributed by atoms with Crippen molar-refractivity contribution in [3.63, 3.8) is 0 Å². The van der Waals surface area contributed by atoms with E-state index in [0.29, 0.717) is 18.1 Å². The minimum Gasteiger partial charge on any atom is -0.393 e. The molecule has 2 aliphatic rings. The van der Waals surface area contributed by atoms with Gasteiger partial charge in [0.2, 0.25) is 0 Å². The fraction of sp³-hybridized carbons (Fsp3) is 1.00. The maximum absolute atomic E-state index is 10.3. The van der Waals surface area contributed by atoms with Crippen LogP contribution in [-0.2, 0) is 0 Å². The molecule has 0 bridgehead atoms. The lowest BCUT2D eigenvalue weighted by atomic mass is 9.82. The number of hydrogen-bond acceptors (Lipinski definition) is 4. The van der Waals surface area contributed by atoms with E-state index in [0.717, 1.165) is 38.8 Å².